The van der Waals surface area contributed by atoms with Crippen molar-refractivity contribution in [2.24, 2.45) is 11.8 Å². The molecule has 0 aromatic rings. The van der Waals surface area contributed by atoms with E-state index in [-0.39, 0.29) is 24.3 Å². The first kappa shape index (κ1) is 15.0. The molecule has 0 unspecified atom stereocenters. The Kier molecular flexibility index (Phi) is 6.12. The van der Waals surface area contributed by atoms with E-state index in [2.05, 4.69) is 19.2 Å². The third-order valence-corrected chi connectivity index (χ3v) is 3.06. The lowest BCUT2D eigenvalue weighted by atomic mass is 9.94. The van der Waals surface area contributed by atoms with Crippen LogP contribution >= 0.6 is 0 Å². The second-order valence-corrected chi connectivity index (χ2v) is 5.34. The number of aliphatic carboxylic acids is 1. The molecule has 0 aliphatic carbocycles. The molecule has 1 aliphatic heterocycles. The Morgan fingerprint density at radius 3 is 2.67 bits per heavy atom. The van der Waals surface area contributed by atoms with E-state index in [1.807, 2.05) is 0 Å². The zero-order chi connectivity index (χ0) is 13.5. The average molecular weight is 257 g/mol. The Labute approximate surface area is 108 Å². The van der Waals surface area contributed by atoms with Gasteiger partial charge in [0.1, 0.15) is 6.10 Å². The first-order valence-electron chi connectivity index (χ1n) is 6.60. The number of ether oxygens (including phenoxy) is 1. The van der Waals surface area contributed by atoms with E-state index >= 15 is 0 Å². The van der Waals surface area contributed by atoms with E-state index in [9.17, 15) is 9.59 Å². The summed E-state index contributed by atoms with van der Waals surface area (Å²) in [6.45, 7) is 5.17. The van der Waals surface area contributed by atoms with Crippen molar-refractivity contribution in [3.63, 3.8) is 0 Å². The highest BCUT2D eigenvalue weighted by atomic mass is 16.5. The van der Waals surface area contributed by atoms with E-state index < -0.39 is 5.97 Å². The smallest absolute Gasteiger partial charge is 0.303 e. The van der Waals surface area contributed by atoms with E-state index in [4.69, 9.17) is 9.84 Å². The number of hydrogen-bond donors (Lipinski definition) is 2. The van der Waals surface area contributed by atoms with Gasteiger partial charge >= 0.3 is 5.97 Å². The van der Waals surface area contributed by atoms with Gasteiger partial charge in [0.25, 0.3) is 0 Å². The molecule has 2 atom stereocenters. The van der Waals surface area contributed by atoms with Gasteiger partial charge < -0.3 is 15.2 Å². The standard InChI is InChI=1S/C13H23NO4/c1-9(2)6-10(7-12(15)16)8-14-13(17)11-4-3-5-18-11/h9-11H,3-8H2,1-2H3,(H,14,17)(H,15,16)/t10-,11-/m0/s1. The maximum absolute atomic E-state index is 11.7. The first-order chi connectivity index (χ1) is 8.49. The molecule has 1 amide bonds. The minimum atomic E-state index is -0.813. The van der Waals surface area contributed by atoms with Crippen LogP contribution in [0, 0.1) is 11.8 Å². The number of amides is 1. The van der Waals surface area contributed by atoms with Crippen molar-refractivity contribution in [2.75, 3.05) is 13.2 Å². The van der Waals surface area contributed by atoms with Crippen molar-refractivity contribution in [1.29, 1.82) is 0 Å². The summed E-state index contributed by atoms with van der Waals surface area (Å²) in [6.07, 6.45) is 2.25. The van der Waals surface area contributed by atoms with Crippen molar-refractivity contribution < 1.29 is 19.4 Å². The molecule has 1 rings (SSSR count). The summed E-state index contributed by atoms with van der Waals surface area (Å²) in [4.78, 5) is 22.5. The largest absolute Gasteiger partial charge is 0.481 e. The molecule has 0 spiro atoms. The van der Waals surface area contributed by atoms with E-state index in [1.54, 1.807) is 0 Å². The zero-order valence-corrected chi connectivity index (χ0v) is 11.1. The molecule has 2 N–H and O–H groups in total. The molecule has 0 radical (unpaired) electrons. The van der Waals surface area contributed by atoms with Crippen LogP contribution in [0.15, 0.2) is 0 Å². The molecule has 0 aromatic heterocycles. The summed E-state index contributed by atoms with van der Waals surface area (Å²) in [5, 5.41) is 11.6. The predicted molar refractivity (Wildman–Crippen MR) is 67.2 cm³/mol. The molecule has 5 heteroatoms. The second kappa shape index (κ2) is 7.36. The number of hydrogen-bond acceptors (Lipinski definition) is 3. The van der Waals surface area contributed by atoms with Crippen molar-refractivity contribution in [1.82, 2.24) is 5.32 Å². The molecule has 18 heavy (non-hydrogen) atoms. The predicted octanol–water partition coefficient (Wildman–Crippen LogP) is 1.42. The van der Waals surface area contributed by atoms with Crippen molar-refractivity contribution >= 4 is 11.9 Å². The van der Waals surface area contributed by atoms with Crippen LogP contribution in [0.3, 0.4) is 0 Å². The SMILES string of the molecule is CC(C)C[C@H](CNC(=O)[C@@H]1CCCO1)CC(=O)O. The normalized spacial score (nSPS) is 20.9. The molecule has 1 fully saturated rings. The van der Waals surface area contributed by atoms with Gasteiger partial charge in [-0.05, 0) is 31.1 Å². The number of carbonyl (C=O) groups excluding carboxylic acids is 1. The Bertz CT molecular complexity index is 285. The number of carboxylic acids is 1. The van der Waals surface area contributed by atoms with Crippen LogP contribution in [0.25, 0.3) is 0 Å². The van der Waals surface area contributed by atoms with Crippen LogP contribution in [0.4, 0.5) is 0 Å². The Morgan fingerprint density at radius 1 is 1.44 bits per heavy atom. The quantitative estimate of drug-likeness (QED) is 0.723. The summed E-state index contributed by atoms with van der Waals surface area (Å²) in [6, 6.07) is 0. The lowest BCUT2D eigenvalue weighted by Crippen LogP contribution is -2.37. The summed E-state index contributed by atoms with van der Waals surface area (Å²) in [5.74, 6) is -0.500. The Morgan fingerprint density at radius 2 is 2.17 bits per heavy atom. The van der Waals surface area contributed by atoms with Crippen molar-refractivity contribution in [2.45, 2.75) is 45.6 Å². The number of rotatable bonds is 7. The zero-order valence-electron chi connectivity index (χ0n) is 11.1. The monoisotopic (exact) mass is 257 g/mol. The Hall–Kier alpha value is -1.10. The molecule has 0 aromatic carbocycles. The van der Waals surface area contributed by atoms with Crippen LogP contribution in [-0.4, -0.2) is 36.2 Å². The van der Waals surface area contributed by atoms with Crippen molar-refractivity contribution in [3.8, 4) is 0 Å². The van der Waals surface area contributed by atoms with Gasteiger partial charge in [0, 0.05) is 19.6 Å². The molecule has 0 bridgehead atoms. The van der Waals surface area contributed by atoms with Gasteiger partial charge in [0.05, 0.1) is 0 Å². The maximum Gasteiger partial charge on any atom is 0.303 e. The summed E-state index contributed by atoms with van der Waals surface area (Å²) < 4.78 is 5.28. The summed E-state index contributed by atoms with van der Waals surface area (Å²) in [5.41, 5.74) is 0. The van der Waals surface area contributed by atoms with Crippen LogP contribution in [0.2, 0.25) is 0 Å². The first-order valence-corrected chi connectivity index (χ1v) is 6.60. The van der Waals surface area contributed by atoms with Gasteiger partial charge in [0.2, 0.25) is 5.91 Å². The molecule has 104 valence electrons. The highest BCUT2D eigenvalue weighted by molar-refractivity contribution is 5.81. The van der Waals surface area contributed by atoms with Crippen LogP contribution in [0.5, 0.6) is 0 Å². The molecule has 1 saturated heterocycles. The molecular formula is C13H23NO4. The lowest BCUT2D eigenvalue weighted by molar-refractivity contribution is -0.138. The summed E-state index contributed by atoms with van der Waals surface area (Å²) >= 11 is 0. The lowest BCUT2D eigenvalue weighted by Gasteiger charge is -2.19. The summed E-state index contributed by atoms with van der Waals surface area (Å²) in [7, 11) is 0. The van der Waals surface area contributed by atoms with Crippen LogP contribution in [0.1, 0.15) is 39.5 Å². The van der Waals surface area contributed by atoms with Gasteiger partial charge in [-0.3, -0.25) is 9.59 Å². The number of nitrogens with one attached hydrogen (secondary N) is 1. The van der Waals surface area contributed by atoms with Gasteiger partial charge in [-0.25, -0.2) is 0 Å². The minimum absolute atomic E-state index is 0.00662. The number of carbonyl (C=O) groups is 2. The van der Waals surface area contributed by atoms with Gasteiger partial charge in [-0.15, -0.1) is 0 Å². The third kappa shape index (κ3) is 5.49. The van der Waals surface area contributed by atoms with E-state index in [1.165, 1.54) is 0 Å². The van der Waals surface area contributed by atoms with E-state index in [0.29, 0.717) is 19.1 Å². The molecule has 1 heterocycles. The fraction of sp³-hybridized carbons (Fsp3) is 0.846. The Balaban J connectivity index is 2.35. The highest BCUT2D eigenvalue weighted by Gasteiger charge is 2.24. The van der Waals surface area contributed by atoms with Gasteiger partial charge in [0.15, 0.2) is 0 Å². The maximum atomic E-state index is 11.7. The third-order valence-electron chi connectivity index (χ3n) is 3.06. The van der Waals surface area contributed by atoms with Crippen molar-refractivity contribution in [3.05, 3.63) is 0 Å². The average Bonchev–Trinajstić information content (AvgIpc) is 2.77. The van der Waals surface area contributed by atoms with Gasteiger partial charge in [-0.1, -0.05) is 13.8 Å². The van der Waals surface area contributed by atoms with E-state index in [0.717, 1.165) is 19.3 Å². The minimum Gasteiger partial charge on any atom is -0.481 e. The van der Waals surface area contributed by atoms with Crippen LogP contribution < -0.4 is 5.32 Å². The fourth-order valence-corrected chi connectivity index (χ4v) is 2.30. The second-order valence-electron chi connectivity index (χ2n) is 5.34. The topological polar surface area (TPSA) is 75.6 Å². The number of carboxylic acid groups (broad SMARTS) is 1. The van der Waals surface area contributed by atoms with Gasteiger partial charge in [-0.2, -0.15) is 0 Å². The molecular weight excluding hydrogens is 234 g/mol. The molecule has 0 saturated carbocycles. The van der Waals surface area contributed by atoms with Crippen LogP contribution in [-0.2, 0) is 14.3 Å². The highest BCUT2D eigenvalue weighted by Crippen LogP contribution is 2.16. The fourth-order valence-electron chi connectivity index (χ4n) is 2.30. The molecule has 1 aliphatic rings. The molecule has 5 nitrogen and oxygen atoms in total.